The molecule has 0 rings (SSSR count). The number of esters is 2. The van der Waals surface area contributed by atoms with E-state index in [1.165, 1.54) is 6.08 Å². The van der Waals surface area contributed by atoms with E-state index in [2.05, 4.69) is 77.3 Å². The molecule has 0 aromatic carbocycles. The monoisotopic (exact) mass is 653 g/mol. The average molecular weight is 654 g/mol. The molecule has 12 heteroatoms. The third kappa shape index (κ3) is 21.1. The predicted molar refractivity (Wildman–Crippen MR) is 188 cm³/mol. The second kappa shape index (κ2) is 21.4. The minimum atomic E-state index is -2.69. The van der Waals surface area contributed by atoms with Gasteiger partial charge in [-0.15, -0.1) is 6.58 Å². The van der Waals surface area contributed by atoms with Crippen molar-refractivity contribution in [1.29, 1.82) is 0 Å². The summed E-state index contributed by atoms with van der Waals surface area (Å²) in [6, 6.07) is 0. The molecule has 2 atom stereocenters. The van der Waals surface area contributed by atoms with E-state index in [9.17, 15) is 9.59 Å². The smallest absolute Gasteiger partial charge is 0.345 e. The van der Waals surface area contributed by atoms with Crippen LogP contribution in [0.1, 0.15) is 50.5 Å². The molecule has 0 aliphatic heterocycles. The van der Waals surface area contributed by atoms with Crippen LogP contribution in [0.25, 0.3) is 0 Å². The second-order valence-electron chi connectivity index (χ2n) is 11.5. The van der Waals surface area contributed by atoms with Crippen molar-refractivity contribution in [1.82, 2.24) is 4.90 Å². The highest BCUT2D eigenvalue weighted by atomic mass is 28.5. The van der Waals surface area contributed by atoms with Gasteiger partial charge >= 0.3 is 29.1 Å². The van der Waals surface area contributed by atoms with Crippen molar-refractivity contribution in [3.63, 3.8) is 0 Å². The summed E-state index contributed by atoms with van der Waals surface area (Å²) in [5.74, 6) is -1.42. The molecule has 0 heterocycles. The van der Waals surface area contributed by atoms with Crippen LogP contribution in [0, 0.1) is 0 Å². The number of hydrogen-bond acceptors (Lipinski definition) is 8. The van der Waals surface area contributed by atoms with Gasteiger partial charge in [-0.1, -0.05) is 42.7 Å². The normalized spacial score (nSPS) is 13.6. The van der Waals surface area contributed by atoms with Crippen LogP contribution in [0.3, 0.4) is 0 Å². The Labute approximate surface area is 259 Å². The molecular weight excluding hydrogens is 587 g/mol. The molecule has 0 saturated carbocycles. The van der Waals surface area contributed by atoms with Gasteiger partial charge in [0.15, 0.2) is 16.6 Å². The Balaban J connectivity index is -0.00000108. The molecule has 2 unspecified atom stereocenters. The van der Waals surface area contributed by atoms with Crippen molar-refractivity contribution in [3.8, 4) is 0 Å². The fourth-order valence-electron chi connectivity index (χ4n) is 3.85. The Bertz CT molecular complexity index is 801. The third-order valence-electron chi connectivity index (χ3n) is 4.83. The van der Waals surface area contributed by atoms with Gasteiger partial charge in [-0.3, -0.25) is 0 Å². The predicted octanol–water partition coefficient (Wildman–Crippen LogP) is 8.47. The maximum Gasteiger partial charge on any atom is 0.345 e. The van der Waals surface area contributed by atoms with Crippen molar-refractivity contribution in [2.75, 3.05) is 26.3 Å². The minimum Gasteiger partial charge on any atom is -0.462 e. The van der Waals surface area contributed by atoms with Crippen molar-refractivity contribution in [2.45, 2.75) is 115 Å². The van der Waals surface area contributed by atoms with Gasteiger partial charge < -0.3 is 26.7 Å². The van der Waals surface area contributed by atoms with Crippen molar-refractivity contribution in [3.05, 3.63) is 36.6 Å². The topological polar surface area (TPSA) is 83.5 Å². The zero-order valence-corrected chi connectivity index (χ0v) is 29.2. The largest absolute Gasteiger partial charge is 0.462 e. The molecule has 0 N–H and O–H groups in total. The summed E-state index contributed by atoms with van der Waals surface area (Å²) in [6.07, 6.45) is 6.73. The lowest BCUT2D eigenvalue weighted by molar-refractivity contribution is -0.146. The van der Waals surface area contributed by atoms with Gasteiger partial charge in [0.25, 0.3) is 0 Å². The Kier molecular flexibility index (Phi) is 25.8. The third-order valence-corrected chi connectivity index (χ3v) is 18.9. The number of rotatable bonds is 17. The first-order valence-electron chi connectivity index (χ1n) is 13.0. The molecule has 0 aromatic rings. The number of ether oxygens (including phenoxy) is 2. The van der Waals surface area contributed by atoms with Crippen LogP contribution in [0.4, 0.5) is 0 Å². The number of carbonyl (C=O) groups is 2. The minimum absolute atomic E-state index is 0. The number of allylic oxidation sites excluding steroid dienone is 2. The molecule has 0 aliphatic carbocycles. The Morgan fingerprint density at radius 3 is 1.59 bits per heavy atom. The van der Waals surface area contributed by atoms with Gasteiger partial charge in [0.2, 0.25) is 0 Å². The first kappa shape index (κ1) is 49.4. The molecule has 0 radical (unpaired) electrons. The lowest BCUT2D eigenvalue weighted by Gasteiger charge is -2.44. The maximum atomic E-state index is 12.3. The highest BCUT2D eigenvalue weighted by molar-refractivity contribution is 6.89. The highest BCUT2D eigenvalue weighted by Gasteiger charge is 2.48. The molecule has 8 nitrogen and oxygen atoms in total. The number of hydrogen-bond donors (Lipinski definition) is 0. The van der Waals surface area contributed by atoms with Crippen molar-refractivity contribution >= 4 is 45.7 Å². The van der Waals surface area contributed by atoms with E-state index in [4.69, 9.17) is 21.8 Å². The van der Waals surface area contributed by atoms with Crippen LogP contribution >= 0.6 is 0 Å². The van der Waals surface area contributed by atoms with Gasteiger partial charge in [0.1, 0.15) is 5.57 Å². The lowest BCUT2D eigenvalue weighted by atomic mass is 10.2. The van der Waals surface area contributed by atoms with E-state index in [0.717, 1.165) is 0 Å². The number of carbonyl (C=O) groups excluding carboxylic acids is 2. The van der Waals surface area contributed by atoms with Crippen molar-refractivity contribution < 1.29 is 31.4 Å². The Hall–Kier alpha value is -1.29. The zero-order chi connectivity index (χ0) is 29.1. The van der Waals surface area contributed by atoms with Gasteiger partial charge in [0, 0.05) is 18.6 Å². The van der Waals surface area contributed by atoms with Gasteiger partial charge in [-0.05, 0) is 91.1 Å². The molecule has 0 saturated heterocycles. The summed E-state index contributed by atoms with van der Waals surface area (Å²) in [5, 5.41) is 0. The quantitative estimate of drug-likeness (QED) is 0.0294. The van der Waals surface area contributed by atoms with Gasteiger partial charge in [-0.2, -0.15) is 0 Å². The SMILES string of the molecule is C.C.C.C.C=CCN(/C=C/C=C(C(=O)OCC)C(=O)OCC)CC(C)[Si](C)(O[Si](C)(C)C)O[Si](C)(C)O[Si](C)(C)C. The van der Waals surface area contributed by atoms with E-state index in [0.29, 0.717) is 13.1 Å². The van der Waals surface area contributed by atoms with E-state index in [1.807, 2.05) is 12.3 Å². The molecule has 0 amide bonds. The summed E-state index contributed by atoms with van der Waals surface area (Å²) in [7, 11) is -8.83. The fourth-order valence-corrected chi connectivity index (χ4v) is 21.8. The summed E-state index contributed by atoms with van der Waals surface area (Å²) < 4.78 is 30.2. The highest BCUT2D eigenvalue weighted by Crippen LogP contribution is 2.33. The summed E-state index contributed by atoms with van der Waals surface area (Å²) in [5.41, 5.74) is -0.0493. The Morgan fingerprint density at radius 1 is 0.780 bits per heavy atom. The standard InChI is InChI=1S/C25H51NO7Si4.4CH4/c1-14-19-26(20-17-18-23(24(27)29-15-2)25(28)30-16-3)21-22(4)37(13,32-35(8,9)10)33-36(11,12)31-34(5,6)7;;;;/h14,17-18,20,22H,1,15-16,19,21H2,2-13H3;4*1H4/b20-17+;;;;. The molecule has 0 fully saturated rings. The molecule has 246 valence electrons. The second-order valence-corrected chi connectivity index (χ2v) is 28.2. The maximum absolute atomic E-state index is 12.3. The molecule has 0 bridgehead atoms. The van der Waals surface area contributed by atoms with Crippen molar-refractivity contribution in [2.24, 2.45) is 0 Å². The van der Waals surface area contributed by atoms with E-state index >= 15 is 0 Å². The van der Waals surface area contributed by atoms with E-state index < -0.39 is 45.7 Å². The summed E-state index contributed by atoms with van der Waals surface area (Å²) >= 11 is 0. The van der Waals surface area contributed by atoms with Gasteiger partial charge in [-0.25, -0.2) is 9.59 Å². The van der Waals surface area contributed by atoms with E-state index in [-0.39, 0.29) is 54.0 Å². The van der Waals surface area contributed by atoms with Crippen LogP contribution in [0.15, 0.2) is 36.6 Å². The van der Waals surface area contributed by atoms with Crippen LogP contribution in [-0.4, -0.2) is 76.9 Å². The Morgan fingerprint density at radius 2 is 1.22 bits per heavy atom. The summed E-state index contributed by atoms with van der Waals surface area (Å²) in [6.45, 7) is 30.4. The van der Waals surface area contributed by atoms with E-state index in [1.54, 1.807) is 19.9 Å². The van der Waals surface area contributed by atoms with Crippen LogP contribution in [0.2, 0.25) is 64.5 Å². The number of nitrogens with zero attached hydrogens (tertiary/aromatic N) is 1. The lowest BCUT2D eigenvalue weighted by Crippen LogP contribution is -2.59. The first-order valence-corrected chi connectivity index (χ1v) is 25.0. The van der Waals surface area contributed by atoms with Crippen LogP contribution in [-0.2, 0) is 31.4 Å². The fraction of sp³-hybridized carbons (Fsp3) is 0.724. The molecule has 0 aromatic heterocycles. The van der Waals surface area contributed by atoms with Crippen LogP contribution < -0.4 is 0 Å². The van der Waals surface area contributed by atoms with Crippen LogP contribution in [0.5, 0.6) is 0 Å². The molecule has 0 aliphatic rings. The summed E-state index contributed by atoms with van der Waals surface area (Å²) in [4.78, 5) is 26.6. The molecule has 41 heavy (non-hydrogen) atoms. The average Bonchev–Trinajstić information content (AvgIpc) is 2.67. The molecule has 0 spiro atoms. The zero-order valence-electron chi connectivity index (χ0n) is 25.2. The first-order chi connectivity index (χ1) is 16.8. The molecular formula is C29H67NO7Si4. The van der Waals surface area contributed by atoms with Gasteiger partial charge in [0.05, 0.1) is 13.2 Å².